The highest BCUT2D eigenvalue weighted by Gasteiger charge is 2.31. The molecule has 2 aliphatic heterocycles. The van der Waals surface area contributed by atoms with Gasteiger partial charge in [-0.3, -0.25) is 4.90 Å². The van der Waals surface area contributed by atoms with Crippen molar-refractivity contribution >= 4 is 11.7 Å². The molecule has 3 heterocycles. The number of likely N-dealkylation sites (tertiary alicyclic amines) is 2. The van der Waals surface area contributed by atoms with Gasteiger partial charge in [0.1, 0.15) is 12.3 Å². The first-order valence-electron chi connectivity index (χ1n) is 8.64. The van der Waals surface area contributed by atoms with Crippen LogP contribution >= 0.6 is 0 Å². The summed E-state index contributed by atoms with van der Waals surface area (Å²) < 4.78 is 10.5. The number of anilines is 1. The third kappa shape index (κ3) is 4.15. The average Bonchev–Trinajstić information content (AvgIpc) is 3.28. The second kappa shape index (κ2) is 8.30. The van der Waals surface area contributed by atoms with E-state index < -0.39 is 0 Å². The summed E-state index contributed by atoms with van der Waals surface area (Å²) in [7, 11) is 1.62. The zero-order valence-corrected chi connectivity index (χ0v) is 14.2. The fraction of sp³-hybridized carbons (Fsp3) is 0.647. The van der Waals surface area contributed by atoms with Crippen LogP contribution in [0.4, 0.5) is 10.5 Å². The molecule has 7 heteroatoms. The summed E-state index contributed by atoms with van der Waals surface area (Å²) in [4.78, 5) is 21.1. The minimum Gasteiger partial charge on any atom is -0.474 e. The molecule has 0 spiro atoms. The van der Waals surface area contributed by atoms with Crippen molar-refractivity contribution in [1.29, 1.82) is 0 Å². The first-order chi connectivity index (χ1) is 11.8. The SMILES string of the molecule is COCCOc1ncccc1NC(=O)N1CC[C@@H](N2CCCC2)C1. The molecule has 1 aromatic rings. The smallest absolute Gasteiger partial charge is 0.322 e. The van der Waals surface area contributed by atoms with E-state index in [0.717, 1.165) is 19.5 Å². The van der Waals surface area contributed by atoms with Crippen molar-refractivity contribution in [3.8, 4) is 5.88 Å². The lowest BCUT2D eigenvalue weighted by molar-refractivity contribution is 0.144. The Morgan fingerprint density at radius 3 is 2.96 bits per heavy atom. The highest BCUT2D eigenvalue weighted by molar-refractivity contribution is 5.90. The minimum atomic E-state index is -0.0821. The molecular formula is C17H26N4O3. The largest absolute Gasteiger partial charge is 0.474 e. The van der Waals surface area contributed by atoms with E-state index in [2.05, 4.69) is 15.2 Å². The summed E-state index contributed by atoms with van der Waals surface area (Å²) in [5.41, 5.74) is 0.600. The maximum Gasteiger partial charge on any atom is 0.322 e. The number of hydrogen-bond acceptors (Lipinski definition) is 5. The lowest BCUT2D eigenvalue weighted by Crippen LogP contribution is -2.38. The monoisotopic (exact) mass is 334 g/mol. The molecule has 7 nitrogen and oxygen atoms in total. The molecule has 2 fully saturated rings. The van der Waals surface area contributed by atoms with Gasteiger partial charge in [0.05, 0.1) is 6.61 Å². The van der Waals surface area contributed by atoms with Gasteiger partial charge in [-0.15, -0.1) is 0 Å². The molecule has 24 heavy (non-hydrogen) atoms. The number of aromatic nitrogens is 1. The predicted octanol–water partition coefficient (Wildman–Crippen LogP) is 1.81. The summed E-state index contributed by atoms with van der Waals surface area (Å²) in [6.45, 7) is 4.81. The second-order valence-electron chi connectivity index (χ2n) is 6.26. The number of carbonyl (C=O) groups excluding carboxylic acids is 1. The molecule has 0 radical (unpaired) electrons. The van der Waals surface area contributed by atoms with E-state index in [1.54, 1.807) is 25.4 Å². The van der Waals surface area contributed by atoms with Crippen LogP contribution in [-0.4, -0.2) is 73.4 Å². The van der Waals surface area contributed by atoms with Gasteiger partial charge in [0.15, 0.2) is 0 Å². The summed E-state index contributed by atoms with van der Waals surface area (Å²) in [6.07, 6.45) is 5.26. The summed E-state index contributed by atoms with van der Waals surface area (Å²) in [5, 5.41) is 2.93. The Morgan fingerprint density at radius 1 is 1.33 bits per heavy atom. The van der Waals surface area contributed by atoms with E-state index in [-0.39, 0.29) is 6.03 Å². The van der Waals surface area contributed by atoms with E-state index in [9.17, 15) is 4.79 Å². The van der Waals surface area contributed by atoms with Gasteiger partial charge < -0.3 is 19.7 Å². The third-order valence-corrected chi connectivity index (χ3v) is 4.65. The predicted molar refractivity (Wildman–Crippen MR) is 91.4 cm³/mol. The van der Waals surface area contributed by atoms with E-state index in [1.807, 2.05) is 4.90 Å². The Labute approximate surface area is 142 Å². The maximum absolute atomic E-state index is 12.5. The summed E-state index contributed by atoms with van der Waals surface area (Å²) in [5.74, 6) is 0.429. The van der Waals surface area contributed by atoms with Crippen LogP contribution in [0.2, 0.25) is 0 Å². The van der Waals surface area contributed by atoms with Crippen LogP contribution in [-0.2, 0) is 4.74 Å². The number of methoxy groups -OCH3 is 1. The normalized spacial score (nSPS) is 21.2. The number of hydrogen-bond donors (Lipinski definition) is 1. The quantitative estimate of drug-likeness (QED) is 0.804. The van der Waals surface area contributed by atoms with Crippen molar-refractivity contribution in [2.45, 2.75) is 25.3 Å². The highest BCUT2D eigenvalue weighted by Crippen LogP contribution is 2.24. The van der Waals surface area contributed by atoms with Crippen LogP contribution in [0.3, 0.4) is 0 Å². The summed E-state index contributed by atoms with van der Waals surface area (Å²) >= 11 is 0. The van der Waals surface area contributed by atoms with Crippen LogP contribution in [0.25, 0.3) is 0 Å². The van der Waals surface area contributed by atoms with E-state index >= 15 is 0 Å². The highest BCUT2D eigenvalue weighted by atomic mass is 16.5. The average molecular weight is 334 g/mol. The second-order valence-corrected chi connectivity index (χ2v) is 6.26. The Hall–Kier alpha value is -1.86. The Bertz CT molecular complexity index is 548. The molecule has 0 aromatic carbocycles. The van der Waals surface area contributed by atoms with Gasteiger partial charge in [-0.2, -0.15) is 0 Å². The molecule has 1 N–H and O–H groups in total. The molecule has 2 saturated heterocycles. The van der Waals surface area contributed by atoms with Gasteiger partial charge in [0, 0.05) is 32.4 Å². The van der Waals surface area contributed by atoms with Gasteiger partial charge in [-0.05, 0) is 44.5 Å². The summed E-state index contributed by atoms with van der Waals surface area (Å²) in [6, 6.07) is 4.02. The van der Waals surface area contributed by atoms with Crippen molar-refractivity contribution in [1.82, 2.24) is 14.8 Å². The Balaban J connectivity index is 1.55. The van der Waals surface area contributed by atoms with Crippen molar-refractivity contribution in [3.05, 3.63) is 18.3 Å². The van der Waals surface area contributed by atoms with Gasteiger partial charge >= 0.3 is 6.03 Å². The number of nitrogens with one attached hydrogen (secondary N) is 1. The number of rotatable bonds is 6. The number of nitrogens with zero attached hydrogens (tertiary/aromatic N) is 3. The van der Waals surface area contributed by atoms with Crippen LogP contribution in [0.15, 0.2) is 18.3 Å². The molecule has 0 saturated carbocycles. The molecule has 0 unspecified atom stereocenters. The van der Waals surface area contributed by atoms with E-state index in [0.29, 0.717) is 30.8 Å². The Morgan fingerprint density at radius 2 is 2.17 bits per heavy atom. The van der Waals surface area contributed by atoms with E-state index in [1.165, 1.54) is 25.9 Å². The van der Waals surface area contributed by atoms with Gasteiger partial charge in [-0.25, -0.2) is 9.78 Å². The number of amides is 2. The van der Waals surface area contributed by atoms with Crippen LogP contribution < -0.4 is 10.1 Å². The van der Waals surface area contributed by atoms with Crippen LogP contribution in [0, 0.1) is 0 Å². The lowest BCUT2D eigenvalue weighted by Gasteiger charge is -2.23. The molecule has 3 rings (SSSR count). The number of carbonyl (C=O) groups is 1. The first-order valence-corrected chi connectivity index (χ1v) is 8.64. The molecule has 132 valence electrons. The maximum atomic E-state index is 12.5. The van der Waals surface area contributed by atoms with E-state index in [4.69, 9.17) is 9.47 Å². The Kier molecular flexibility index (Phi) is 5.87. The molecule has 2 aliphatic rings. The number of pyridine rings is 1. The standard InChI is InChI=1S/C17H26N4O3/c1-23-11-12-24-16-15(5-4-7-18-16)19-17(22)21-10-6-14(13-21)20-8-2-3-9-20/h4-5,7,14H,2-3,6,8-13H2,1H3,(H,19,22)/t14-/m1/s1. The van der Waals surface area contributed by atoms with Crippen LogP contribution in [0.5, 0.6) is 5.88 Å². The third-order valence-electron chi connectivity index (χ3n) is 4.65. The van der Waals surface area contributed by atoms with Crippen molar-refractivity contribution in [3.63, 3.8) is 0 Å². The van der Waals surface area contributed by atoms with Crippen molar-refractivity contribution < 1.29 is 14.3 Å². The fourth-order valence-electron chi connectivity index (χ4n) is 3.35. The van der Waals surface area contributed by atoms with Crippen molar-refractivity contribution in [2.24, 2.45) is 0 Å². The molecular weight excluding hydrogens is 308 g/mol. The fourth-order valence-corrected chi connectivity index (χ4v) is 3.35. The molecule has 1 atom stereocenters. The number of ether oxygens (including phenoxy) is 2. The van der Waals surface area contributed by atoms with Gasteiger partial charge in [0.2, 0.25) is 5.88 Å². The first kappa shape index (κ1) is 17.0. The minimum absolute atomic E-state index is 0.0821. The molecule has 0 bridgehead atoms. The van der Waals surface area contributed by atoms with Gasteiger partial charge in [-0.1, -0.05) is 0 Å². The zero-order valence-electron chi connectivity index (χ0n) is 14.2. The molecule has 0 aliphatic carbocycles. The molecule has 1 aromatic heterocycles. The van der Waals surface area contributed by atoms with Crippen molar-refractivity contribution in [2.75, 3.05) is 51.8 Å². The number of urea groups is 1. The topological polar surface area (TPSA) is 66.9 Å². The van der Waals surface area contributed by atoms with Crippen LogP contribution in [0.1, 0.15) is 19.3 Å². The zero-order chi connectivity index (χ0) is 16.8. The molecule has 2 amide bonds. The lowest BCUT2D eigenvalue weighted by atomic mass is 10.2. The van der Waals surface area contributed by atoms with Gasteiger partial charge in [0.25, 0.3) is 0 Å².